The summed E-state index contributed by atoms with van der Waals surface area (Å²) in [5.74, 6) is 1.46. The molecule has 0 atom stereocenters. The molecule has 1 aromatic rings. The van der Waals surface area contributed by atoms with Gasteiger partial charge >= 0.3 is 0 Å². The Hall–Kier alpha value is -1.55. The molecule has 1 heterocycles. The lowest BCUT2D eigenvalue weighted by molar-refractivity contribution is 0.0927. The van der Waals surface area contributed by atoms with E-state index in [1.54, 1.807) is 0 Å². The molecule has 2 fully saturated rings. The minimum Gasteiger partial charge on any atom is -0.493 e. The van der Waals surface area contributed by atoms with Gasteiger partial charge in [0.2, 0.25) is 0 Å². The third-order valence-electron chi connectivity index (χ3n) is 4.98. The van der Waals surface area contributed by atoms with Gasteiger partial charge in [-0.25, -0.2) is 0 Å². The second-order valence-electron chi connectivity index (χ2n) is 6.84. The van der Waals surface area contributed by atoms with E-state index in [2.05, 4.69) is 10.6 Å². The third-order valence-corrected chi connectivity index (χ3v) is 4.98. The van der Waals surface area contributed by atoms with E-state index in [0.29, 0.717) is 17.5 Å². The first-order valence-electron chi connectivity index (χ1n) is 9.06. The Kier molecular flexibility index (Phi) is 5.92. The van der Waals surface area contributed by atoms with Crippen molar-refractivity contribution in [2.45, 2.75) is 51.0 Å². The highest BCUT2D eigenvalue weighted by Crippen LogP contribution is 2.20. The molecule has 0 bridgehead atoms. The number of amides is 1. The summed E-state index contributed by atoms with van der Waals surface area (Å²) in [4.78, 5) is 12.4. The van der Waals surface area contributed by atoms with Crippen LogP contribution in [0.15, 0.2) is 24.3 Å². The molecular weight excluding hydrogens is 288 g/mol. The SMILES string of the molecule is O=C(NC1CCCCC1)c1cccc(OCC2CCNCC2)c1. The third kappa shape index (κ3) is 4.96. The summed E-state index contributed by atoms with van der Waals surface area (Å²) in [6, 6.07) is 7.94. The van der Waals surface area contributed by atoms with Crippen molar-refractivity contribution in [3.63, 3.8) is 0 Å². The maximum absolute atomic E-state index is 12.4. The standard InChI is InChI=1S/C19H28N2O2/c22-19(21-17-6-2-1-3-7-17)16-5-4-8-18(13-16)23-14-15-9-11-20-12-10-15/h4-5,8,13,15,17,20H,1-3,6-7,9-12,14H2,(H,21,22). The van der Waals surface area contributed by atoms with Crippen LogP contribution in [0, 0.1) is 5.92 Å². The fourth-order valence-corrected chi connectivity index (χ4v) is 3.51. The number of carbonyl (C=O) groups is 1. The van der Waals surface area contributed by atoms with Crippen LogP contribution in [0.4, 0.5) is 0 Å². The number of hydrogen-bond acceptors (Lipinski definition) is 3. The average molecular weight is 316 g/mol. The van der Waals surface area contributed by atoms with Crippen molar-refractivity contribution < 1.29 is 9.53 Å². The number of piperidine rings is 1. The molecule has 1 aliphatic heterocycles. The minimum absolute atomic E-state index is 0.0317. The first-order valence-corrected chi connectivity index (χ1v) is 9.06. The van der Waals surface area contributed by atoms with Crippen LogP contribution < -0.4 is 15.4 Å². The van der Waals surface area contributed by atoms with Gasteiger partial charge in [0.15, 0.2) is 0 Å². The summed E-state index contributed by atoms with van der Waals surface area (Å²) in [7, 11) is 0. The zero-order valence-corrected chi connectivity index (χ0v) is 13.9. The molecule has 1 aliphatic carbocycles. The van der Waals surface area contributed by atoms with Crippen molar-refractivity contribution in [2.75, 3.05) is 19.7 Å². The van der Waals surface area contributed by atoms with E-state index in [1.807, 2.05) is 24.3 Å². The van der Waals surface area contributed by atoms with Crippen molar-refractivity contribution in [3.05, 3.63) is 29.8 Å². The Balaban J connectivity index is 1.52. The molecule has 1 aromatic carbocycles. The largest absolute Gasteiger partial charge is 0.493 e. The molecule has 0 aromatic heterocycles. The summed E-state index contributed by atoms with van der Waals surface area (Å²) >= 11 is 0. The molecule has 2 aliphatic rings. The van der Waals surface area contributed by atoms with Crippen LogP contribution in [0.1, 0.15) is 55.3 Å². The summed E-state index contributed by atoms with van der Waals surface area (Å²) in [6.07, 6.45) is 8.31. The Morgan fingerprint density at radius 1 is 1.13 bits per heavy atom. The fraction of sp³-hybridized carbons (Fsp3) is 0.632. The normalized spacial score (nSPS) is 20.2. The lowest BCUT2D eigenvalue weighted by Gasteiger charge is -2.23. The monoisotopic (exact) mass is 316 g/mol. The second kappa shape index (κ2) is 8.34. The topological polar surface area (TPSA) is 50.4 Å². The van der Waals surface area contributed by atoms with Gasteiger partial charge < -0.3 is 15.4 Å². The molecule has 1 saturated heterocycles. The Bertz CT molecular complexity index is 506. The van der Waals surface area contributed by atoms with Crippen LogP contribution >= 0.6 is 0 Å². The maximum Gasteiger partial charge on any atom is 0.251 e. The van der Waals surface area contributed by atoms with Crippen LogP contribution in [0.5, 0.6) is 5.75 Å². The van der Waals surface area contributed by atoms with Gasteiger partial charge in [-0.1, -0.05) is 25.3 Å². The van der Waals surface area contributed by atoms with Gasteiger partial charge in [0, 0.05) is 11.6 Å². The molecule has 3 rings (SSSR count). The van der Waals surface area contributed by atoms with Crippen LogP contribution in [0.25, 0.3) is 0 Å². The number of ether oxygens (including phenoxy) is 1. The Morgan fingerprint density at radius 3 is 2.70 bits per heavy atom. The van der Waals surface area contributed by atoms with Gasteiger partial charge in [-0.2, -0.15) is 0 Å². The highest BCUT2D eigenvalue weighted by Gasteiger charge is 2.17. The molecular formula is C19H28N2O2. The summed E-state index contributed by atoms with van der Waals surface area (Å²) in [5, 5.41) is 6.53. The summed E-state index contributed by atoms with van der Waals surface area (Å²) in [6.45, 7) is 2.91. The Morgan fingerprint density at radius 2 is 1.91 bits per heavy atom. The molecule has 1 amide bonds. The van der Waals surface area contributed by atoms with E-state index in [9.17, 15) is 4.79 Å². The number of benzene rings is 1. The smallest absolute Gasteiger partial charge is 0.251 e. The number of nitrogens with one attached hydrogen (secondary N) is 2. The van der Waals surface area contributed by atoms with Crippen molar-refractivity contribution >= 4 is 5.91 Å². The molecule has 0 radical (unpaired) electrons. The van der Waals surface area contributed by atoms with E-state index in [1.165, 1.54) is 32.1 Å². The average Bonchev–Trinajstić information content (AvgIpc) is 2.62. The number of carbonyl (C=O) groups excluding carboxylic acids is 1. The van der Waals surface area contributed by atoms with Crippen molar-refractivity contribution in [3.8, 4) is 5.75 Å². The number of rotatable bonds is 5. The van der Waals surface area contributed by atoms with Gasteiger partial charge in [-0.05, 0) is 62.9 Å². The van der Waals surface area contributed by atoms with Crippen LogP contribution in [0.2, 0.25) is 0 Å². The van der Waals surface area contributed by atoms with Crippen LogP contribution in [0.3, 0.4) is 0 Å². The zero-order chi connectivity index (χ0) is 15.9. The minimum atomic E-state index is 0.0317. The molecule has 1 saturated carbocycles. The lowest BCUT2D eigenvalue weighted by atomic mass is 9.95. The summed E-state index contributed by atoms with van der Waals surface area (Å²) < 4.78 is 5.92. The first kappa shape index (κ1) is 16.3. The predicted octanol–water partition coefficient (Wildman–Crippen LogP) is 3.13. The number of hydrogen-bond donors (Lipinski definition) is 2. The van der Waals surface area contributed by atoms with E-state index >= 15 is 0 Å². The van der Waals surface area contributed by atoms with E-state index in [4.69, 9.17) is 4.74 Å². The molecule has 4 nitrogen and oxygen atoms in total. The van der Waals surface area contributed by atoms with E-state index in [-0.39, 0.29) is 5.91 Å². The highest BCUT2D eigenvalue weighted by molar-refractivity contribution is 5.94. The van der Waals surface area contributed by atoms with Gasteiger partial charge in [0.05, 0.1) is 6.61 Å². The van der Waals surface area contributed by atoms with Crippen molar-refractivity contribution in [2.24, 2.45) is 5.92 Å². The van der Waals surface area contributed by atoms with E-state index in [0.717, 1.165) is 38.3 Å². The highest BCUT2D eigenvalue weighted by atomic mass is 16.5. The maximum atomic E-state index is 12.4. The Labute approximate surface area is 139 Å². The summed E-state index contributed by atoms with van der Waals surface area (Å²) in [5.41, 5.74) is 0.707. The fourth-order valence-electron chi connectivity index (χ4n) is 3.51. The predicted molar refractivity (Wildman–Crippen MR) is 91.9 cm³/mol. The van der Waals surface area contributed by atoms with Crippen molar-refractivity contribution in [1.29, 1.82) is 0 Å². The van der Waals surface area contributed by atoms with Gasteiger partial charge in [-0.3, -0.25) is 4.79 Å². The molecule has 23 heavy (non-hydrogen) atoms. The molecule has 0 spiro atoms. The molecule has 126 valence electrons. The molecule has 2 N–H and O–H groups in total. The quantitative estimate of drug-likeness (QED) is 0.877. The van der Waals surface area contributed by atoms with E-state index < -0.39 is 0 Å². The van der Waals surface area contributed by atoms with Gasteiger partial charge in [0.25, 0.3) is 5.91 Å². The second-order valence-corrected chi connectivity index (χ2v) is 6.84. The van der Waals surface area contributed by atoms with Gasteiger partial charge in [-0.15, -0.1) is 0 Å². The zero-order valence-electron chi connectivity index (χ0n) is 13.9. The lowest BCUT2D eigenvalue weighted by Crippen LogP contribution is -2.36. The first-order chi connectivity index (χ1) is 11.3. The van der Waals surface area contributed by atoms with Crippen LogP contribution in [-0.2, 0) is 0 Å². The molecule has 4 heteroatoms. The molecule has 0 unspecified atom stereocenters. The van der Waals surface area contributed by atoms with Crippen molar-refractivity contribution in [1.82, 2.24) is 10.6 Å². The van der Waals surface area contributed by atoms with Crippen LogP contribution in [-0.4, -0.2) is 31.6 Å². The van der Waals surface area contributed by atoms with Gasteiger partial charge in [0.1, 0.15) is 5.75 Å².